The predicted octanol–water partition coefficient (Wildman–Crippen LogP) is 0.480. The summed E-state index contributed by atoms with van der Waals surface area (Å²) >= 11 is 0. The van der Waals surface area contributed by atoms with Crippen LogP contribution in [0.3, 0.4) is 0 Å². The summed E-state index contributed by atoms with van der Waals surface area (Å²) in [5.74, 6) is 1.01. The Morgan fingerprint density at radius 3 is 3.17 bits per heavy atom. The molecule has 3 aliphatic heterocycles. The van der Waals surface area contributed by atoms with Crippen LogP contribution in [0.1, 0.15) is 12.8 Å². The first kappa shape index (κ1) is 11.5. The number of dihydropyridines is 1. The van der Waals surface area contributed by atoms with Gasteiger partial charge >= 0.3 is 0 Å². The molecular formula is C13H19N5. The van der Waals surface area contributed by atoms with Crippen molar-refractivity contribution in [3.63, 3.8) is 0 Å². The summed E-state index contributed by atoms with van der Waals surface area (Å²) in [6.45, 7) is 2.19. The van der Waals surface area contributed by atoms with Gasteiger partial charge in [-0.2, -0.15) is 0 Å². The molecule has 0 spiro atoms. The number of likely N-dealkylation sites (N-methyl/N-ethyl adjacent to an activating group) is 1. The van der Waals surface area contributed by atoms with E-state index in [9.17, 15) is 0 Å². The molecule has 1 saturated heterocycles. The van der Waals surface area contributed by atoms with Crippen LogP contribution in [0.25, 0.3) is 0 Å². The fourth-order valence-corrected chi connectivity index (χ4v) is 2.35. The second kappa shape index (κ2) is 4.94. The molecule has 1 unspecified atom stereocenters. The lowest BCUT2D eigenvalue weighted by Crippen LogP contribution is -2.45. The molecule has 2 atom stereocenters. The van der Waals surface area contributed by atoms with Crippen molar-refractivity contribution in [3.8, 4) is 0 Å². The number of nitrogens with zero attached hydrogens (tertiary/aromatic N) is 3. The number of nitrogens with one attached hydrogen (secondary N) is 2. The number of hydrogen-bond donors (Lipinski definition) is 2. The third kappa shape index (κ3) is 2.31. The normalized spacial score (nSPS) is 28.7. The highest BCUT2D eigenvalue weighted by atomic mass is 15.2. The topological polar surface area (TPSA) is 52.0 Å². The fourth-order valence-electron chi connectivity index (χ4n) is 2.35. The molecule has 3 heterocycles. The summed E-state index contributed by atoms with van der Waals surface area (Å²) in [5, 5.41) is 6.59. The minimum Gasteiger partial charge on any atom is -0.367 e. The van der Waals surface area contributed by atoms with Crippen molar-refractivity contribution in [2.75, 3.05) is 20.1 Å². The SMILES string of the molecule is CN(CC[C@@H]1CCN1)C1=NC=NC2C=C1C=CN2. The van der Waals surface area contributed by atoms with Crippen molar-refractivity contribution >= 4 is 12.2 Å². The maximum absolute atomic E-state index is 4.46. The Morgan fingerprint density at radius 1 is 1.50 bits per heavy atom. The molecule has 2 bridgehead atoms. The maximum Gasteiger partial charge on any atom is 0.140 e. The molecule has 96 valence electrons. The highest BCUT2D eigenvalue weighted by molar-refractivity contribution is 6.04. The van der Waals surface area contributed by atoms with Crippen molar-refractivity contribution in [2.24, 2.45) is 9.98 Å². The van der Waals surface area contributed by atoms with Crippen molar-refractivity contribution < 1.29 is 0 Å². The number of rotatable bonds is 3. The highest BCUT2D eigenvalue weighted by Gasteiger charge is 2.20. The van der Waals surface area contributed by atoms with E-state index < -0.39 is 0 Å². The minimum atomic E-state index is 0.0351. The largest absolute Gasteiger partial charge is 0.367 e. The van der Waals surface area contributed by atoms with Crippen molar-refractivity contribution in [1.82, 2.24) is 15.5 Å². The standard InChI is InChI=1S/C13H19N5/c1-18(7-4-11-3-6-14-11)13-10-2-5-15-12(8-10)16-9-17-13/h2,5,8-9,11-12,14-15H,3-4,6-7H2,1H3/t11-,12?/m0/s1. The first-order chi connectivity index (χ1) is 8.83. The van der Waals surface area contributed by atoms with Crippen LogP contribution in [0.5, 0.6) is 0 Å². The molecule has 3 aliphatic rings. The quantitative estimate of drug-likeness (QED) is 0.760. The monoisotopic (exact) mass is 245 g/mol. The van der Waals surface area contributed by atoms with Crippen LogP contribution in [0.2, 0.25) is 0 Å². The van der Waals surface area contributed by atoms with Gasteiger partial charge in [0.25, 0.3) is 0 Å². The average Bonchev–Trinajstić information content (AvgIpc) is 2.46. The molecule has 0 saturated carbocycles. The molecule has 2 N–H and O–H groups in total. The number of amidine groups is 1. The van der Waals surface area contributed by atoms with Crippen LogP contribution in [-0.4, -0.2) is 49.4 Å². The summed E-state index contributed by atoms with van der Waals surface area (Å²) in [7, 11) is 2.10. The second-order valence-corrected chi connectivity index (χ2v) is 4.93. The van der Waals surface area contributed by atoms with E-state index in [1.165, 1.54) is 19.4 Å². The van der Waals surface area contributed by atoms with Crippen LogP contribution >= 0.6 is 0 Å². The van der Waals surface area contributed by atoms with E-state index in [0.717, 1.165) is 18.0 Å². The number of aliphatic imine (C=N–C) groups is 2. The molecule has 0 aromatic rings. The molecule has 5 heteroatoms. The minimum absolute atomic E-state index is 0.0351. The number of hydrogen-bond acceptors (Lipinski definition) is 5. The first-order valence-corrected chi connectivity index (χ1v) is 6.52. The maximum atomic E-state index is 4.46. The Balaban J connectivity index is 1.66. The molecule has 0 aromatic heterocycles. The zero-order valence-corrected chi connectivity index (χ0v) is 10.6. The van der Waals surface area contributed by atoms with E-state index in [0.29, 0.717) is 6.04 Å². The van der Waals surface area contributed by atoms with E-state index in [1.807, 2.05) is 6.20 Å². The van der Waals surface area contributed by atoms with Gasteiger partial charge in [-0.15, -0.1) is 0 Å². The third-order valence-electron chi connectivity index (χ3n) is 3.63. The molecule has 1 fully saturated rings. The Labute approximate surface area is 107 Å². The molecule has 5 nitrogen and oxygen atoms in total. The Hall–Kier alpha value is -1.62. The predicted molar refractivity (Wildman–Crippen MR) is 73.7 cm³/mol. The Kier molecular flexibility index (Phi) is 3.15. The van der Waals surface area contributed by atoms with E-state index in [2.05, 4.69) is 44.7 Å². The van der Waals surface area contributed by atoms with Crippen LogP contribution in [0.4, 0.5) is 0 Å². The smallest absolute Gasteiger partial charge is 0.140 e. The van der Waals surface area contributed by atoms with Crippen molar-refractivity contribution in [3.05, 3.63) is 23.9 Å². The van der Waals surface area contributed by atoms with E-state index in [4.69, 9.17) is 0 Å². The molecule has 0 aliphatic carbocycles. The summed E-state index contributed by atoms with van der Waals surface area (Å²) in [6.07, 6.45) is 10.3. The van der Waals surface area contributed by atoms with Crippen molar-refractivity contribution in [1.29, 1.82) is 0 Å². The summed E-state index contributed by atoms with van der Waals surface area (Å²) in [5.41, 5.74) is 1.15. The summed E-state index contributed by atoms with van der Waals surface area (Å²) < 4.78 is 0. The Morgan fingerprint density at radius 2 is 2.39 bits per heavy atom. The average molecular weight is 245 g/mol. The second-order valence-electron chi connectivity index (χ2n) is 4.93. The van der Waals surface area contributed by atoms with Crippen LogP contribution in [0, 0.1) is 0 Å². The zero-order valence-electron chi connectivity index (χ0n) is 10.6. The van der Waals surface area contributed by atoms with Gasteiger partial charge in [-0.05, 0) is 37.7 Å². The van der Waals surface area contributed by atoms with Crippen LogP contribution in [0.15, 0.2) is 33.9 Å². The molecule has 0 aromatic carbocycles. The van der Waals surface area contributed by atoms with Gasteiger partial charge < -0.3 is 15.5 Å². The zero-order chi connectivity index (χ0) is 12.4. The highest BCUT2D eigenvalue weighted by Crippen LogP contribution is 2.14. The van der Waals surface area contributed by atoms with E-state index in [1.54, 1.807) is 6.34 Å². The fraction of sp³-hybridized carbons (Fsp3) is 0.538. The molecule has 3 rings (SSSR count). The molecule has 0 amide bonds. The van der Waals surface area contributed by atoms with Gasteiger partial charge in [0.05, 0.1) is 0 Å². The van der Waals surface area contributed by atoms with Crippen molar-refractivity contribution in [2.45, 2.75) is 25.0 Å². The Bertz CT molecular complexity index is 431. The first-order valence-electron chi connectivity index (χ1n) is 6.52. The lowest BCUT2D eigenvalue weighted by Gasteiger charge is -2.30. The van der Waals surface area contributed by atoms with Crippen LogP contribution in [-0.2, 0) is 0 Å². The summed E-state index contributed by atoms with van der Waals surface area (Å²) in [4.78, 5) is 11.0. The molecule has 18 heavy (non-hydrogen) atoms. The van der Waals surface area contributed by atoms with Crippen LogP contribution < -0.4 is 10.6 Å². The lowest BCUT2D eigenvalue weighted by molar-refractivity contribution is 0.322. The molecular weight excluding hydrogens is 226 g/mol. The third-order valence-corrected chi connectivity index (χ3v) is 3.63. The number of fused-ring (bicyclic) bond motifs is 1. The van der Waals surface area contributed by atoms with Gasteiger partial charge in [-0.25, -0.2) is 9.98 Å². The summed E-state index contributed by atoms with van der Waals surface area (Å²) in [6, 6.07) is 0.692. The van der Waals surface area contributed by atoms with Gasteiger partial charge in [0.2, 0.25) is 0 Å². The van der Waals surface area contributed by atoms with E-state index >= 15 is 0 Å². The van der Waals surface area contributed by atoms with Gasteiger partial charge in [0.15, 0.2) is 0 Å². The van der Waals surface area contributed by atoms with Gasteiger partial charge in [-0.3, -0.25) is 0 Å². The van der Waals surface area contributed by atoms with Gasteiger partial charge in [0.1, 0.15) is 18.3 Å². The van der Waals surface area contributed by atoms with E-state index in [-0.39, 0.29) is 6.17 Å². The van der Waals surface area contributed by atoms with Gasteiger partial charge in [0, 0.05) is 25.2 Å². The lowest BCUT2D eigenvalue weighted by atomic mass is 10.0. The van der Waals surface area contributed by atoms with Gasteiger partial charge in [-0.1, -0.05) is 0 Å². The molecule has 0 radical (unpaired) electrons.